The van der Waals surface area contributed by atoms with Gasteiger partial charge in [0, 0.05) is 65.6 Å². The third-order valence-corrected chi connectivity index (χ3v) is 18.3. The monoisotopic (exact) mass is 1280 g/mol. The van der Waals surface area contributed by atoms with Crippen molar-refractivity contribution in [2.45, 2.75) is 49.9 Å². The highest BCUT2D eigenvalue weighted by Gasteiger charge is 2.43. The van der Waals surface area contributed by atoms with Crippen molar-refractivity contribution >= 4 is 56.5 Å². The first kappa shape index (κ1) is 63.1. The zero-order chi connectivity index (χ0) is 67.0. The molecule has 1 amide bonds. The number of aliphatic imine (C=N–C) groups is 2. The number of amides is 1. The topological polar surface area (TPSA) is 168 Å². The number of carbonyl (C=O) groups is 2. The minimum Gasteiger partial charge on any atom is -0.465 e. The van der Waals surface area contributed by atoms with Crippen molar-refractivity contribution in [1.82, 2.24) is 34.8 Å². The van der Waals surface area contributed by atoms with E-state index in [2.05, 4.69) is 193 Å². The third kappa shape index (κ3) is 12.1. The van der Waals surface area contributed by atoms with Crippen LogP contribution < -0.4 is 11.1 Å². The number of hydrogen-bond donors (Lipinski definition) is 2. The molecule has 478 valence electrons. The van der Waals surface area contributed by atoms with Crippen LogP contribution in [0, 0.1) is 0 Å². The van der Waals surface area contributed by atoms with Crippen molar-refractivity contribution < 1.29 is 14.3 Å². The van der Waals surface area contributed by atoms with E-state index in [9.17, 15) is 9.59 Å². The average Bonchev–Trinajstić information content (AvgIpc) is 1.50. The third-order valence-electron chi connectivity index (χ3n) is 18.3. The minimum atomic E-state index is -0.813. The Hall–Kier alpha value is -12.3. The van der Waals surface area contributed by atoms with Crippen molar-refractivity contribution in [2.75, 3.05) is 7.11 Å². The van der Waals surface area contributed by atoms with Crippen molar-refractivity contribution in [3.05, 3.63) is 372 Å². The molecule has 16 rings (SSSR count). The first-order chi connectivity index (χ1) is 48.1. The lowest BCUT2D eigenvalue weighted by molar-refractivity contribution is -0.132. The first-order valence-electron chi connectivity index (χ1n) is 32.8. The number of aromatic nitrogens is 6. The standard InChI is InChI=1S/C42H33N5O.C35H26N4O2.C8H11N/c1-29(30-14-6-2-7-15-30)44-41(48)38-26-32-27-39-36(28-37(32)45-38)40(31-22-24-43-25-23-31)46-47(39)42(33-16-8-3-9-17-33,34-18-10-4-11-19-34)35-20-12-5-13-21-35;1-41-34(40)31-21-25-22-32-29(23-30(25)37-31)33(24-17-19-36-20-18-24)38-39(32)35(26-11-5-2-6-12-26,27-13-7-3-8-14-27)28-15-9-4-10-16-28;1-7(9)8-5-3-2-4-6-8/h2-25,27-29H,26H2,1H3,(H,44,48);2-20,22-23H,21H2,1H3;2-7H,9H2,1H3. The Kier molecular flexibility index (Phi) is 18.0. The number of hydrogen-bond acceptors (Lipinski definition) is 10. The number of nitrogens with two attached hydrogens (primary N) is 1. The van der Waals surface area contributed by atoms with E-state index in [1.165, 1.54) is 12.7 Å². The molecule has 13 heteroatoms. The number of nitrogens with zero attached hydrogens (tertiary/aromatic N) is 8. The number of methoxy groups -OCH3 is 1. The van der Waals surface area contributed by atoms with Gasteiger partial charge in [0.15, 0.2) is 0 Å². The van der Waals surface area contributed by atoms with Gasteiger partial charge in [-0.05, 0) is 118 Å². The van der Waals surface area contributed by atoms with E-state index < -0.39 is 17.0 Å². The number of pyridine rings is 2. The van der Waals surface area contributed by atoms with E-state index in [1.54, 1.807) is 24.8 Å². The molecule has 6 heterocycles. The normalized spacial score (nSPS) is 12.9. The Morgan fingerprint density at radius 2 is 0.745 bits per heavy atom. The minimum absolute atomic E-state index is 0.140. The molecule has 14 aromatic rings. The van der Waals surface area contributed by atoms with Crippen LogP contribution in [-0.4, -0.2) is 59.9 Å². The second-order valence-electron chi connectivity index (χ2n) is 24.4. The Morgan fingerprint density at radius 3 is 1.07 bits per heavy atom. The fourth-order valence-corrected chi connectivity index (χ4v) is 13.6. The Morgan fingerprint density at radius 1 is 0.429 bits per heavy atom. The number of ether oxygens (including phenoxy) is 1. The summed E-state index contributed by atoms with van der Waals surface area (Å²) in [6.07, 6.45) is 7.98. The molecule has 0 fully saturated rings. The van der Waals surface area contributed by atoms with E-state index in [1.807, 2.05) is 141 Å². The Labute approximate surface area is 569 Å². The lowest BCUT2D eigenvalue weighted by Gasteiger charge is -2.37. The molecular weight excluding hydrogens is 1210 g/mol. The van der Waals surface area contributed by atoms with Gasteiger partial charge in [0.1, 0.15) is 33.9 Å². The second-order valence-corrected chi connectivity index (χ2v) is 24.4. The van der Waals surface area contributed by atoms with Gasteiger partial charge in [-0.15, -0.1) is 0 Å². The largest absolute Gasteiger partial charge is 0.465 e. The second kappa shape index (κ2) is 27.9. The fraction of sp³-hybridized carbons (Fsp3) is 0.106. The van der Waals surface area contributed by atoms with Gasteiger partial charge in [-0.2, -0.15) is 10.2 Å². The van der Waals surface area contributed by atoms with E-state index in [4.69, 9.17) is 25.7 Å². The maximum Gasteiger partial charge on any atom is 0.352 e. The molecule has 0 saturated heterocycles. The summed E-state index contributed by atoms with van der Waals surface area (Å²) in [6.45, 7) is 3.98. The van der Waals surface area contributed by atoms with Crippen LogP contribution in [0.25, 0.3) is 44.3 Å². The predicted octanol–water partition coefficient (Wildman–Crippen LogP) is 16.9. The predicted molar refractivity (Wildman–Crippen MR) is 391 cm³/mol. The Balaban J connectivity index is 0.000000150. The molecule has 98 heavy (non-hydrogen) atoms. The molecule has 13 nitrogen and oxygen atoms in total. The molecule has 3 N–H and O–H groups in total. The summed E-state index contributed by atoms with van der Waals surface area (Å²) in [6, 6.07) is 99.6. The van der Waals surface area contributed by atoms with E-state index in [0.29, 0.717) is 24.3 Å². The zero-order valence-electron chi connectivity index (χ0n) is 54.5. The quantitative estimate of drug-likeness (QED) is 0.0755. The van der Waals surface area contributed by atoms with E-state index >= 15 is 0 Å². The van der Waals surface area contributed by atoms with Crippen LogP contribution in [0.1, 0.15) is 81.6 Å². The van der Waals surface area contributed by atoms with Crippen molar-refractivity contribution in [1.29, 1.82) is 0 Å². The van der Waals surface area contributed by atoms with Gasteiger partial charge in [-0.1, -0.05) is 243 Å². The highest BCUT2D eigenvalue weighted by Crippen LogP contribution is 2.48. The lowest BCUT2D eigenvalue weighted by Crippen LogP contribution is -2.38. The van der Waals surface area contributed by atoms with Crippen LogP contribution in [0.5, 0.6) is 0 Å². The molecule has 0 aliphatic carbocycles. The van der Waals surface area contributed by atoms with Crippen LogP contribution in [0.3, 0.4) is 0 Å². The van der Waals surface area contributed by atoms with Gasteiger partial charge >= 0.3 is 5.97 Å². The molecule has 2 aliphatic rings. The molecule has 0 bridgehead atoms. The number of carbonyl (C=O) groups excluding carboxylic acids is 2. The van der Waals surface area contributed by atoms with Gasteiger partial charge < -0.3 is 15.8 Å². The number of esters is 1. The molecule has 10 aromatic carbocycles. The average molecular weight is 1280 g/mol. The molecule has 0 radical (unpaired) electrons. The molecule has 4 aromatic heterocycles. The maximum absolute atomic E-state index is 13.5. The van der Waals surface area contributed by atoms with Crippen LogP contribution in [0.2, 0.25) is 0 Å². The molecule has 2 atom stereocenters. The number of fused-ring (bicyclic) bond motifs is 4. The SMILES string of the molecule is CC(N)c1ccccc1.CC(NC(=O)C1=Nc2cc3c(-c4ccncc4)nn(C(c4ccccc4)(c4ccccc4)c4ccccc4)c3cc2C1)c1ccccc1.COC(=O)C1=Nc2cc3c(-c4ccncc4)nn(C(c4ccccc4)(c4ccccc4)c4ccccc4)c3cc2C1. The molecule has 0 spiro atoms. The fourth-order valence-electron chi connectivity index (χ4n) is 13.6. The molecular formula is C85H70N10O3. The van der Waals surface area contributed by atoms with E-state index in [-0.39, 0.29) is 18.0 Å². The highest BCUT2D eigenvalue weighted by atomic mass is 16.5. The molecule has 2 unspecified atom stereocenters. The summed E-state index contributed by atoms with van der Waals surface area (Å²) < 4.78 is 9.32. The Bertz CT molecular complexity index is 4960. The summed E-state index contributed by atoms with van der Waals surface area (Å²) in [5, 5.41) is 16.0. The number of nitrogens with one attached hydrogen (secondary N) is 1. The molecule has 2 aliphatic heterocycles. The highest BCUT2D eigenvalue weighted by molar-refractivity contribution is 6.41. The van der Waals surface area contributed by atoms with Gasteiger partial charge in [0.25, 0.3) is 5.91 Å². The van der Waals surface area contributed by atoms with Gasteiger partial charge in [-0.3, -0.25) is 14.8 Å². The number of rotatable bonds is 15. The van der Waals surface area contributed by atoms with Crippen molar-refractivity contribution in [3.8, 4) is 22.5 Å². The lowest BCUT2D eigenvalue weighted by atomic mass is 9.77. The van der Waals surface area contributed by atoms with Gasteiger partial charge in [0.05, 0.1) is 35.6 Å². The molecule has 0 saturated carbocycles. The summed E-state index contributed by atoms with van der Waals surface area (Å²) in [5.74, 6) is -0.566. The van der Waals surface area contributed by atoms with E-state index in [0.717, 1.165) is 106 Å². The van der Waals surface area contributed by atoms with Crippen LogP contribution in [-0.2, 0) is 38.2 Å². The van der Waals surface area contributed by atoms with Crippen molar-refractivity contribution in [3.63, 3.8) is 0 Å². The van der Waals surface area contributed by atoms with Crippen LogP contribution in [0.15, 0.2) is 326 Å². The van der Waals surface area contributed by atoms with Crippen molar-refractivity contribution in [2.24, 2.45) is 15.7 Å². The van der Waals surface area contributed by atoms with Crippen LogP contribution >= 0.6 is 0 Å². The summed E-state index contributed by atoms with van der Waals surface area (Å²) >= 11 is 0. The summed E-state index contributed by atoms with van der Waals surface area (Å²) in [5.41, 5.74) is 22.6. The van der Waals surface area contributed by atoms with Gasteiger partial charge in [0.2, 0.25) is 0 Å². The smallest absolute Gasteiger partial charge is 0.352 e. The first-order valence-corrected chi connectivity index (χ1v) is 32.8. The van der Waals surface area contributed by atoms with Crippen LogP contribution in [0.4, 0.5) is 11.4 Å². The zero-order valence-corrected chi connectivity index (χ0v) is 54.5. The van der Waals surface area contributed by atoms with Gasteiger partial charge in [-0.25, -0.2) is 24.1 Å². The summed E-state index contributed by atoms with van der Waals surface area (Å²) in [7, 11) is 1.39. The maximum atomic E-state index is 13.5. The summed E-state index contributed by atoms with van der Waals surface area (Å²) in [4.78, 5) is 44.0. The number of benzene rings is 10.